The maximum Gasteiger partial charge on any atom is 0.331 e. The third-order valence-electron chi connectivity index (χ3n) is 4.70. The molecule has 1 aliphatic rings. The van der Waals surface area contributed by atoms with Crippen LogP contribution in [0.2, 0.25) is 0 Å². The average Bonchev–Trinajstić information content (AvgIpc) is 3.16. The Labute approximate surface area is 196 Å². The number of hydrogen-bond acceptors (Lipinski definition) is 8. The summed E-state index contributed by atoms with van der Waals surface area (Å²) < 4.78 is 15.9. The van der Waals surface area contributed by atoms with E-state index in [0.29, 0.717) is 18.3 Å². The van der Waals surface area contributed by atoms with Gasteiger partial charge in [-0.15, -0.1) is 5.10 Å². The van der Waals surface area contributed by atoms with E-state index in [1.807, 2.05) is 30.3 Å². The second kappa shape index (κ2) is 11.3. The quantitative estimate of drug-likeness (QED) is 0.273. The van der Waals surface area contributed by atoms with Crippen molar-refractivity contribution in [2.75, 3.05) is 14.2 Å². The summed E-state index contributed by atoms with van der Waals surface area (Å²) in [6.07, 6.45) is 2.67. The van der Waals surface area contributed by atoms with Crippen molar-refractivity contribution in [3.63, 3.8) is 0 Å². The predicted octanol–water partition coefficient (Wildman–Crippen LogP) is 4.01. The van der Waals surface area contributed by atoms with Crippen LogP contribution in [0.3, 0.4) is 0 Å². The summed E-state index contributed by atoms with van der Waals surface area (Å²) in [5.74, 6) is 0.904. The van der Waals surface area contributed by atoms with E-state index < -0.39 is 11.9 Å². The standard InChI is InChI=1S/C24H25N3O5S/c1-15(2)17-6-8-19(9-7-17)32-14-18-11-16(5-10-20(18)30-3)13-25-27-24-26-23(29)21(33-24)12-22(28)31-4/h5-13,15H,14H2,1-4H3,(H,26,27,29)/b21-12+,25-13?. The highest BCUT2D eigenvalue weighted by atomic mass is 32.2. The molecule has 8 nitrogen and oxygen atoms in total. The Balaban J connectivity index is 1.67. The number of nitrogens with zero attached hydrogens (tertiary/aromatic N) is 2. The maximum absolute atomic E-state index is 11.9. The predicted molar refractivity (Wildman–Crippen MR) is 129 cm³/mol. The van der Waals surface area contributed by atoms with E-state index in [0.717, 1.165) is 34.7 Å². The second-order valence-corrected chi connectivity index (χ2v) is 8.35. The molecule has 0 aliphatic carbocycles. The molecule has 0 radical (unpaired) electrons. The van der Waals surface area contributed by atoms with Crippen LogP contribution in [0.5, 0.6) is 11.5 Å². The number of benzene rings is 2. The Hall–Kier alpha value is -3.59. The van der Waals surface area contributed by atoms with Gasteiger partial charge in [0.25, 0.3) is 5.91 Å². The SMILES string of the molecule is COC(=O)/C=C1/S/C(=N\N=Cc2ccc(OC)c(COc3ccc(C(C)C)cc3)c2)NC1=O. The minimum atomic E-state index is -0.610. The highest BCUT2D eigenvalue weighted by Gasteiger charge is 2.25. The van der Waals surface area contributed by atoms with Crippen molar-refractivity contribution < 1.29 is 23.8 Å². The van der Waals surface area contributed by atoms with Crippen molar-refractivity contribution in [3.8, 4) is 11.5 Å². The molecular weight excluding hydrogens is 442 g/mol. The summed E-state index contributed by atoms with van der Waals surface area (Å²) in [5.41, 5.74) is 2.90. The van der Waals surface area contributed by atoms with Gasteiger partial charge in [0.05, 0.1) is 25.3 Å². The van der Waals surface area contributed by atoms with Gasteiger partial charge in [-0.3, -0.25) is 10.1 Å². The molecule has 0 bridgehead atoms. The Morgan fingerprint density at radius 1 is 1.15 bits per heavy atom. The van der Waals surface area contributed by atoms with Gasteiger partial charge in [0.15, 0.2) is 5.17 Å². The number of carbonyl (C=O) groups is 2. The number of amides is 1. The van der Waals surface area contributed by atoms with E-state index in [-0.39, 0.29) is 10.1 Å². The molecule has 0 atom stereocenters. The van der Waals surface area contributed by atoms with Crippen molar-refractivity contribution in [1.82, 2.24) is 5.32 Å². The summed E-state index contributed by atoms with van der Waals surface area (Å²) in [7, 11) is 2.85. The fraction of sp³-hybridized carbons (Fsp3) is 0.250. The van der Waals surface area contributed by atoms with Gasteiger partial charge in [-0.1, -0.05) is 26.0 Å². The van der Waals surface area contributed by atoms with Crippen LogP contribution in [-0.2, 0) is 20.9 Å². The lowest BCUT2D eigenvalue weighted by atomic mass is 10.0. The lowest BCUT2D eigenvalue weighted by Gasteiger charge is -2.12. The number of nitrogens with one attached hydrogen (secondary N) is 1. The van der Waals surface area contributed by atoms with E-state index in [9.17, 15) is 9.59 Å². The number of methoxy groups -OCH3 is 2. The number of hydrogen-bond donors (Lipinski definition) is 1. The lowest BCUT2D eigenvalue weighted by Crippen LogP contribution is -2.19. The first kappa shape index (κ1) is 24.1. The zero-order chi connectivity index (χ0) is 23.8. The third kappa shape index (κ3) is 6.69. The fourth-order valence-corrected chi connectivity index (χ4v) is 3.63. The summed E-state index contributed by atoms with van der Waals surface area (Å²) in [5, 5.41) is 10.9. The zero-order valence-electron chi connectivity index (χ0n) is 18.8. The number of ether oxygens (including phenoxy) is 3. The van der Waals surface area contributed by atoms with Gasteiger partial charge in [0.2, 0.25) is 0 Å². The van der Waals surface area contributed by atoms with Gasteiger partial charge in [0, 0.05) is 11.6 Å². The number of carbonyl (C=O) groups excluding carboxylic acids is 2. The van der Waals surface area contributed by atoms with Crippen LogP contribution in [0.15, 0.2) is 63.6 Å². The Bertz CT molecular complexity index is 1110. The molecule has 2 aromatic rings. The topological polar surface area (TPSA) is 98.6 Å². The fourth-order valence-electron chi connectivity index (χ4n) is 2.89. The molecule has 0 saturated carbocycles. The molecule has 1 aliphatic heterocycles. The van der Waals surface area contributed by atoms with E-state index in [1.54, 1.807) is 13.3 Å². The number of amidine groups is 1. The largest absolute Gasteiger partial charge is 0.496 e. The lowest BCUT2D eigenvalue weighted by molar-refractivity contribution is -0.135. The highest BCUT2D eigenvalue weighted by Crippen LogP contribution is 2.25. The number of esters is 1. The molecule has 1 amide bonds. The van der Waals surface area contributed by atoms with Crippen LogP contribution in [-0.4, -0.2) is 37.5 Å². The second-order valence-electron chi connectivity index (χ2n) is 7.32. The molecule has 0 spiro atoms. The van der Waals surface area contributed by atoms with Crippen LogP contribution in [0.4, 0.5) is 0 Å². The summed E-state index contributed by atoms with van der Waals surface area (Å²) in [6.45, 7) is 4.62. The number of thioether (sulfide) groups is 1. The summed E-state index contributed by atoms with van der Waals surface area (Å²) >= 11 is 1.01. The van der Waals surface area contributed by atoms with Crippen molar-refractivity contribution in [2.45, 2.75) is 26.4 Å². The molecule has 172 valence electrons. The van der Waals surface area contributed by atoms with Crippen LogP contribution < -0.4 is 14.8 Å². The van der Waals surface area contributed by atoms with Gasteiger partial charge >= 0.3 is 5.97 Å². The molecule has 2 aromatic carbocycles. The first-order chi connectivity index (χ1) is 15.9. The van der Waals surface area contributed by atoms with Crippen molar-refractivity contribution in [1.29, 1.82) is 0 Å². The van der Waals surface area contributed by atoms with Crippen LogP contribution in [0.1, 0.15) is 36.5 Å². The first-order valence-corrected chi connectivity index (χ1v) is 11.0. The average molecular weight is 468 g/mol. The van der Waals surface area contributed by atoms with Gasteiger partial charge < -0.3 is 14.2 Å². The normalized spacial score (nSPS) is 16.0. The van der Waals surface area contributed by atoms with Gasteiger partial charge in [0.1, 0.15) is 18.1 Å². The van der Waals surface area contributed by atoms with Crippen LogP contribution in [0.25, 0.3) is 0 Å². The Morgan fingerprint density at radius 2 is 1.91 bits per heavy atom. The summed E-state index contributed by atoms with van der Waals surface area (Å²) in [4.78, 5) is 23.4. The third-order valence-corrected chi connectivity index (χ3v) is 5.60. The molecule has 9 heteroatoms. The van der Waals surface area contributed by atoms with Gasteiger partial charge in [-0.05, 0) is 59.1 Å². The van der Waals surface area contributed by atoms with Crippen molar-refractivity contribution in [3.05, 3.63) is 70.1 Å². The van der Waals surface area contributed by atoms with Gasteiger partial charge in [-0.25, -0.2) is 4.79 Å². The Kier molecular flexibility index (Phi) is 8.26. The van der Waals surface area contributed by atoms with Gasteiger partial charge in [-0.2, -0.15) is 5.10 Å². The van der Waals surface area contributed by atoms with Crippen LogP contribution in [0, 0.1) is 0 Å². The molecule has 1 N–H and O–H groups in total. The smallest absolute Gasteiger partial charge is 0.331 e. The van der Waals surface area contributed by atoms with Crippen molar-refractivity contribution >= 4 is 35.0 Å². The molecule has 0 aromatic heterocycles. The van der Waals surface area contributed by atoms with E-state index >= 15 is 0 Å². The monoisotopic (exact) mass is 467 g/mol. The molecule has 3 rings (SSSR count). The minimum Gasteiger partial charge on any atom is -0.496 e. The number of rotatable bonds is 8. The molecule has 1 fully saturated rings. The maximum atomic E-state index is 11.9. The Morgan fingerprint density at radius 3 is 2.58 bits per heavy atom. The van der Waals surface area contributed by atoms with E-state index in [1.165, 1.54) is 12.7 Å². The van der Waals surface area contributed by atoms with Crippen LogP contribution >= 0.6 is 11.8 Å². The zero-order valence-corrected chi connectivity index (χ0v) is 19.6. The molecule has 1 saturated heterocycles. The van der Waals surface area contributed by atoms with E-state index in [2.05, 4.69) is 46.2 Å². The molecular formula is C24H25N3O5S. The highest BCUT2D eigenvalue weighted by molar-refractivity contribution is 8.18. The first-order valence-electron chi connectivity index (χ1n) is 10.2. The summed E-state index contributed by atoms with van der Waals surface area (Å²) in [6, 6.07) is 13.6. The molecule has 33 heavy (non-hydrogen) atoms. The minimum absolute atomic E-state index is 0.195. The van der Waals surface area contributed by atoms with Crippen molar-refractivity contribution in [2.24, 2.45) is 10.2 Å². The molecule has 0 unspecified atom stereocenters. The van der Waals surface area contributed by atoms with E-state index in [4.69, 9.17) is 9.47 Å². The molecule has 1 heterocycles.